The van der Waals surface area contributed by atoms with E-state index < -0.39 is 20.7 Å². The largest absolute Gasteiger partial charge is 0.283 e. The Hall–Kier alpha value is -1.93. The monoisotopic (exact) mass is 370 g/mol. The number of anilines is 1. The maximum absolute atomic E-state index is 12.1. The normalized spacial score (nSPS) is 11.1. The van der Waals surface area contributed by atoms with Gasteiger partial charge in [0.25, 0.3) is 5.69 Å². The summed E-state index contributed by atoms with van der Waals surface area (Å²) in [6.07, 6.45) is 0. The summed E-state index contributed by atoms with van der Waals surface area (Å²) in [5.74, 6) is -0.462. The molecule has 0 spiro atoms. The van der Waals surface area contributed by atoms with Gasteiger partial charge in [-0.2, -0.15) is 0 Å². The van der Waals surface area contributed by atoms with Crippen LogP contribution in [0.3, 0.4) is 0 Å². The molecule has 0 radical (unpaired) electrons. The smallest absolute Gasteiger partial charge is 0.273 e. The maximum Gasteiger partial charge on any atom is 0.273 e. The van der Waals surface area contributed by atoms with Crippen LogP contribution in [0.2, 0.25) is 0 Å². The Bertz CT molecular complexity index is 777. The van der Waals surface area contributed by atoms with Gasteiger partial charge in [-0.05, 0) is 18.2 Å². The quantitative estimate of drug-likeness (QED) is 0.645. The highest BCUT2D eigenvalue weighted by atomic mass is 79.9. The number of benzene rings is 2. The molecule has 0 amide bonds. The zero-order valence-corrected chi connectivity index (χ0v) is 13.1. The molecule has 21 heavy (non-hydrogen) atoms. The van der Waals surface area contributed by atoms with Gasteiger partial charge < -0.3 is 0 Å². The molecule has 0 saturated heterocycles. The van der Waals surface area contributed by atoms with Crippen molar-refractivity contribution in [2.24, 2.45) is 0 Å². The fourth-order valence-corrected chi connectivity index (χ4v) is 3.39. The van der Waals surface area contributed by atoms with Gasteiger partial charge in [0.05, 0.1) is 4.92 Å². The van der Waals surface area contributed by atoms with Gasteiger partial charge in [-0.15, -0.1) is 0 Å². The Balaban J connectivity index is 2.24. The second kappa shape index (κ2) is 6.23. The molecular weight excluding hydrogens is 360 g/mol. The van der Waals surface area contributed by atoms with Crippen molar-refractivity contribution in [2.45, 2.75) is 5.75 Å². The third-order valence-corrected chi connectivity index (χ3v) is 4.36. The molecule has 0 aromatic heterocycles. The molecule has 0 heterocycles. The van der Waals surface area contributed by atoms with Gasteiger partial charge in [0.2, 0.25) is 10.0 Å². The summed E-state index contributed by atoms with van der Waals surface area (Å²) < 4.78 is 27.3. The van der Waals surface area contributed by atoms with Crippen LogP contribution in [0.25, 0.3) is 0 Å². The lowest BCUT2D eigenvalue weighted by molar-refractivity contribution is -0.385. The molecule has 6 nitrogen and oxygen atoms in total. The standard InChI is InChI=1S/C13H11BrN2O4S/c14-11-5-3-6-12(8-11)15-21(19,20)9-10-4-1-2-7-13(10)16(17)18/h1-8,15H,9H2. The first-order chi connectivity index (χ1) is 9.87. The summed E-state index contributed by atoms with van der Waals surface area (Å²) >= 11 is 3.24. The molecule has 2 aromatic rings. The Morgan fingerprint density at radius 3 is 2.52 bits per heavy atom. The van der Waals surface area contributed by atoms with E-state index in [2.05, 4.69) is 20.7 Å². The zero-order chi connectivity index (χ0) is 15.5. The van der Waals surface area contributed by atoms with E-state index in [4.69, 9.17) is 0 Å². The Morgan fingerprint density at radius 2 is 1.86 bits per heavy atom. The maximum atomic E-state index is 12.1. The lowest BCUT2D eigenvalue weighted by Crippen LogP contribution is -2.15. The lowest BCUT2D eigenvalue weighted by atomic mass is 10.2. The fourth-order valence-electron chi connectivity index (χ4n) is 1.78. The molecule has 0 unspecified atom stereocenters. The van der Waals surface area contributed by atoms with Gasteiger partial charge in [-0.1, -0.05) is 40.2 Å². The summed E-state index contributed by atoms with van der Waals surface area (Å²) in [7, 11) is -3.74. The van der Waals surface area contributed by atoms with Gasteiger partial charge in [0.1, 0.15) is 5.75 Å². The molecule has 0 atom stereocenters. The van der Waals surface area contributed by atoms with Crippen molar-refractivity contribution in [2.75, 3.05) is 4.72 Å². The van der Waals surface area contributed by atoms with Crippen LogP contribution in [-0.4, -0.2) is 13.3 Å². The van der Waals surface area contributed by atoms with Crippen molar-refractivity contribution in [3.8, 4) is 0 Å². The minimum Gasteiger partial charge on any atom is -0.283 e. The Labute approximate surface area is 130 Å². The average Bonchev–Trinajstić information content (AvgIpc) is 2.37. The fraction of sp³-hybridized carbons (Fsp3) is 0.0769. The van der Waals surface area contributed by atoms with E-state index in [1.54, 1.807) is 30.3 Å². The van der Waals surface area contributed by atoms with Gasteiger partial charge in [0.15, 0.2) is 0 Å². The third kappa shape index (κ3) is 4.27. The predicted molar refractivity (Wildman–Crippen MR) is 83.5 cm³/mol. The highest BCUT2D eigenvalue weighted by Crippen LogP contribution is 2.22. The van der Waals surface area contributed by atoms with E-state index in [0.717, 1.165) is 4.47 Å². The van der Waals surface area contributed by atoms with Crippen LogP contribution in [0.4, 0.5) is 11.4 Å². The van der Waals surface area contributed by atoms with Crippen LogP contribution in [0.5, 0.6) is 0 Å². The van der Waals surface area contributed by atoms with Gasteiger partial charge in [-0.25, -0.2) is 8.42 Å². The van der Waals surface area contributed by atoms with E-state index in [9.17, 15) is 18.5 Å². The number of nitro benzene ring substituents is 1. The number of hydrogen-bond acceptors (Lipinski definition) is 4. The predicted octanol–water partition coefficient (Wildman–Crippen LogP) is 3.30. The number of nitro groups is 1. The van der Waals surface area contributed by atoms with E-state index >= 15 is 0 Å². The van der Waals surface area contributed by atoms with Crippen LogP contribution in [0, 0.1) is 10.1 Å². The molecule has 0 fully saturated rings. The number of nitrogens with one attached hydrogen (secondary N) is 1. The van der Waals surface area contributed by atoms with Gasteiger partial charge in [-0.3, -0.25) is 14.8 Å². The topological polar surface area (TPSA) is 89.3 Å². The van der Waals surface area contributed by atoms with Gasteiger partial charge in [0, 0.05) is 21.8 Å². The summed E-state index contributed by atoms with van der Waals surface area (Å²) in [5.41, 5.74) is 0.324. The van der Waals surface area contributed by atoms with Crippen LogP contribution < -0.4 is 4.72 Å². The molecule has 0 bridgehead atoms. The van der Waals surface area contributed by atoms with E-state index in [0.29, 0.717) is 5.69 Å². The Kier molecular flexibility index (Phi) is 4.59. The second-order valence-corrected chi connectivity index (χ2v) is 6.90. The highest BCUT2D eigenvalue weighted by molar-refractivity contribution is 9.10. The molecule has 0 aliphatic carbocycles. The Morgan fingerprint density at radius 1 is 1.14 bits per heavy atom. The minimum atomic E-state index is -3.74. The minimum absolute atomic E-state index is 0.144. The van der Waals surface area contributed by atoms with Crippen molar-refractivity contribution in [3.63, 3.8) is 0 Å². The summed E-state index contributed by atoms with van der Waals surface area (Å²) in [4.78, 5) is 10.3. The lowest BCUT2D eigenvalue weighted by Gasteiger charge is -2.08. The van der Waals surface area contributed by atoms with Crippen LogP contribution in [0.1, 0.15) is 5.56 Å². The molecule has 0 aliphatic rings. The molecule has 0 aliphatic heterocycles. The summed E-state index contributed by atoms with van der Waals surface area (Å²) in [6, 6.07) is 12.4. The first-order valence-corrected chi connectivity index (χ1v) is 8.30. The van der Waals surface area contributed by atoms with Crippen molar-refractivity contribution >= 4 is 37.3 Å². The third-order valence-electron chi connectivity index (χ3n) is 2.63. The number of para-hydroxylation sites is 1. The first kappa shape index (κ1) is 15.5. The molecule has 2 aromatic carbocycles. The van der Waals surface area contributed by atoms with Crippen molar-refractivity contribution in [1.29, 1.82) is 0 Å². The van der Waals surface area contributed by atoms with E-state index in [-0.39, 0.29) is 11.3 Å². The van der Waals surface area contributed by atoms with E-state index in [1.165, 1.54) is 18.2 Å². The molecule has 8 heteroatoms. The number of halogens is 1. The molecule has 110 valence electrons. The van der Waals surface area contributed by atoms with Crippen molar-refractivity contribution < 1.29 is 13.3 Å². The first-order valence-electron chi connectivity index (χ1n) is 5.86. The van der Waals surface area contributed by atoms with Crippen molar-refractivity contribution in [1.82, 2.24) is 0 Å². The summed E-state index contributed by atoms with van der Waals surface area (Å²) in [6.45, 7) is 0. The number of rotatable bonds is 5. The molecule has 0 saturated carbocycles. The second-order valence-electron chi connectivity index (χ2n) is 4.26. The number of hydrogen-bond donors (Lipinski definition) is 1. The molecule has 2 rings (SSSR count). The number of nitrogens with zero attached hydrogens (tertiary/aromatic N) is 1. The van der Waals surface area contributed by atoms with Crippen molar-refractivity contribution in [3.05, 3.63) is 68.7 Å². The van der Waals surface area contributed by atoms with Gasteiger partial charge >= 0.3 is 0 Å². The average molecular weight is 371 g/mol. The van der Waals surface area contributed by atoms with Crippen LogP contribution in [-0.2, 0) is 15.8 Å². The number of sulfonamides is 1. The SMILES string of the molecule is O=[N+]([O-])c1ccccc1CS(=O)(=O)Nc1cccc(Br)c1. The molecule has 1 N–H and O–H groups in total. The van der Waals surface area contributed by atoms with Crippen LogP contribution >= 0.6 is 15.9 Å². The molecular formula is C13H11BrN2O4S. The summed E-state index contributed by atoms with van der Waals surface area (Å²) in [5, 5.41) is 10.9. The zero-order valence-electron chi connectivity index (χ0n) is 10.7. The highest BCUT2D eigenvalue weighted by Gasteiger charge is 2.19. The van der Waals surface area contributed by atoms with E-state index in [1.807, 2.05) is 0 Å². The van der Waals surface area contributed by atoms with Crippen LogP contribution in [0.15, 0.2) is 53.0 Å².